The van der Waals surface area contributed by atoms with E-state index in [0.717, 1.165) is 163 Å². The molecule has 16 aliphatic rings. The van der Waals surface area contributed by atoms with Crippen LogP contribution in [-0.4, -0.2) is 106 Å². The molecule has 15 saturated carbocycles. The number of sulfone groups is 2. The first-order valence-corrected chi connectivity index (χ1v) is 56.0. The maximum Gasteiger partial charge on any atom is 1.00 e. The first-order valence-electron chi connectivity index (χ1n) is 52.8. The van der Waals surface area contributed by atoms with Crippen LogP contribution in [0.3, 0.4) is 0 Å². The number of epoxide rings is 1. The van der Waals surface area contributed by atoms with E-state index in [2.05, 4.69) is 125 Å². The standard InChI is InChI=1S/C38H60O4S.C32H56O2.C29H44O3S.C9H16O.C4H9.CH4O.Li/c1-26(33(43(41,42)28-10-8-7-9-11-28)25-38(40)22-18-34(2,3)19-23-38)30-14-15-31-29-13-12-27-24-35(4,39)20-21-36(27,5)32(29)16-17-37(30,31)6;1-22(11-14-32(34)19-15-28(2,3)16-20-32)25-9-10-26-24-8-7-23-21-29(4,33)17-18-30(23,5)27(24)12-13-31(25,26)6;1-20(19-33(31,32)22-8-6-5-7-9-22)24-12-13-25-23-11-10-21-18-27(2,30)16-17-28(21,3)26(23)14-15-29(24,25)4;1-8(2)3-5-9(6-4-8)7-10-9;1-3-4-2;1-2;/h7-11,26-27,29-33,39-40H,12-25H2,1-6H3;22-27,33-34H,7-21H2,1-6H3;5-9,20-21,23-26,30H,10-19H2,1-4H3;3-7H2,1-2H3;1,3-4H2,2H3;2H,1H3;/q;;;;-1;;+1/t26-,27-,29-,30+,31-,32-,33?,35-,36-,37+;22-,23+,24+,25-,26+,27+,29+,30+,31-;20-,21+,23+,24-,25+,26+,27+,28+,29-;;;;/m011..../s1. The zero-order valence-electron chi connectivity index (χ0n) is 85.0. The van der Waals surface area contributed by atoms with Crippen molar-refractivity contribution in [2.75, 3.05) is 19.5 Å². The molecule has 0 amide bonds. The summed E-state index contributed by atoms with van der Waals surface area (Å²) in [6, 6.07) is 18.1. The Hall–Kier alpha value is -1.34. The van der Waals surface area contributed by atoms with Crippen molar-refractivity contribution in [3.05, 3.63) is 67.6 Å². The normalized spacial score (nSPS) is 43.3. The van der Waals surface area contributed by atoms with E-state index in [9.17, 15) is 42.4 Å². The van der Waals surface area contributed by atoms with Crippen molar-refractivity contribution in [2.24, 2.45) is 155 Å². The van der Waals surface area contributed by atoms with Gasteiger partial charge in [0, 0.05) is 7.11 Å². The van der Waals surface area contributed by atoms with Gasteiger partial charge in [-0.05, 0) is 470 Å². The molecule has 11 nitrogen and oxygen atoms in total. The predicted molar refractivity (Wildman–Crippen MR) is 519 cm³/mol. The van der Waals surface area contributed by atoms with Gasteiger partial charge in [-0.1, -0.05) is 154 Å². The van der Waals surface area contributed by atoms with Gasteiger partial charge in [0.15, 0.2) is 19.7 Å². The molecule has 1 unspecified atom stereocenters. The molecule has 16 fully saturated rings. The molecule has 14 heteroatoms. The summed E-state index contributed by atoms with van der Waals surface area (Å²) in [5.41, 5.74) is 1.00. The van der Waals surface area contributed by atoms with E-state index < -0.39 is 52.9 Å². The molecular formula is C113H189LiO11S2. The zero-order valence-corrected chi connectivity index (χ0v) is 86.7. The summed E-state index contributed by atoms with van der Waals surface area (Å²) < 4.78 is 60.7. The van der Waals surface area contributed by atoms with Crippen molar-refractivity contribution >= 4 is 19.7 Å². The number of fused-ring (bicyclic) bond motifs is 15. The first-order chi connectivity index (χ1) is 58.8. The van der Waals surface area contributed by atoms with Crippen LogP contribution in [-0.2, 0) is 24.4 Å². The van der Waals surface area contributed by atoms with Gasteiger partial charge in [0.25, 0.3) is 0 Å². The van der Waals surface area contributed by atoms with Crippen LogP contribution < -0.4 is 18.9 Å². The number of benzene rings is 2. The molecule has 127 heavy (non-hydrogen) atoms. The van der Waals surface area contributed by atoms with Crippen LogP contribution in [0.2, 0.25) is 0 Å². The van der Waals surface area contributed by atoms with E-state index in [-0.39, 0.29) is 52.7 Å². The Balaban J connectivity index is 0.000000159. The molecule has 0 aromatic heterocycles. The van der Waals surface area contributed by atoms with Gasteiger partial charge in [-0.15, -0.1) is 0 Å². The molecule has 28 atom stereocenters. The van der Waals surface area contributed by atoms with Crippen molar-refractivity contribution in [2.45, 2.75) is 463 Å². The maximum atomic E-state index is 14.5. The Bertz CT molecular complexity index is 4090. The van der Waals surface area contributed by atoms with Crippen LogP contribution in [0.5, 0.6) is 0 Å². The fraction of sp³-hybridized carbons (Fsp3) is 0.885. The molecule has 720 valence electrons. The molecule has 18 rings (SSSR count). The summed E-state index contributed by atoms with van der Waals surface area (Å²) in [5.74, 6) is 12.0. The number of aliphatic hydroxyl groups excluding tert-OH is 1. The van der Waals surface area contributed by atoms with Crippen LogP contribution in [0.15, 0.2) is 70.5 Å². The third kappa shape index (κ3) is 21.9. The molecule has 0 radical (unpaired) electrons. The Labute approximate surface area is 790 Å². The number of hydrogen-bond acceptors (Lipinski definition) is 11. The van der Waals surface area contributed by atoms with Crippen molar-refractivity contribution in [1.29, 1.82) is 0 Å². The minimum Gasteiger partial charge on any atom is -0.400 e. The van der Waals surface area contributed by atoms with E-state index in [1.54, 1.807) is 24.3 Å². The fourth-order valence-corrected chi connectivity index (χ4v) is 37.9. The molecule has 1 aliphatic heterocycles. The van der Waals surface area contributed by atoms with Crippen molar-refractivity contribution in [3.63, 3.8) is 0 Å². The molecule has 1 heterocycles. The molecule has 6 N–H and O–H groups in total. The topological polar surface area (TPSA) is 202 Å². The second-order valence-electron chi connectivity index (χ2n) is 52.6. The van der Waals surface area contributed by atoms with E-state index in [0.29, 0.717) is 103 Å². The quantitative estimate of drug-likeness (QED) is 0.0563. The van der Waals surface area contributed by atoms with Gasteiger partial charge >= 0.3 is 18.9 Å². The number of unbranched alkanes of at least 4 members (excludes halogenated alkanes) is 1. The first kappa shape index (κ1) is 105. The Kier molecular flexibility index (Phi) is 32.2. The van der Waals surface area contributed by atoms with Gasteiger partial charge in [0.1, 0.15) is 0 Å². The molecule has 0 bridgehead atoms. The average Bonchev–Trinajstić information content (AvgIpc) is 1.42. The minimum atomic E-state index is -3.61. The van der Waals surface area contributed by atoms with Crippen LogP contribution in [0, 0.1) is 162 Å². The second kappa shape index (κ2) is 39.1. The van der Waals surface area contributed by atoms with Crippen LogP contribution >= 0.6 is 0 Å². The summed E-state index contributed by atoms with van der Waals surface area (Å²) in [6.07, 6.45) is 50.5. The monoisotopic (exact) mass is 1790 g/mol. The third-order valence-corrected chi connectivity index (χ3v) is 47.1. The molecule has 1 spiro atoms. The van der Waals surface area contributed by atoms with E-state index >= 15 is 0 Å². The summed E-state index contributed by atoms with van der Waals surface area (Å²) in [6.45, 7) is 49.3. The van der Waals surface area contributed by atoms with Crippen LogP contribution in [0.1, 0.15) is 414 Å². The summed E-state index contributed by atoms with van der Waals surface area (Å²) in [4.78, 5) is 0.883. The van der Waals surface area contributed by atoms with E-state index in [1.807, 2.05) is 50.2 Å². The number of rotatable bonds is 15. The number of ether oxygens (including phenoxy) is 1. The largest absolute Gasteiger partial charge is 1.00 e. The third-order valence-electron chi connectivity index (χ3n) is 42.9. The van der Waals surface area contributed by atoms with Crippen molar-refractivity contribution < 1.29 is 71.1 Å². The SMILES string of the molecule is CC1(C)CCC2(CC1)CO2.CO.C[C@H](C(CC1(O)CCC(C)(C)CC1)S(=O)(=O)c1ccccc1)[C@H]1CC[C@H]2[C@@H]3CC[C@H]4C[C@@](C)(O)CC[C@]4(C)[C@H]3CC[C@]12C.C[C@H](CCC1(O)CCC(C)(C)CC1)[C@H]1CC[C@H]2[C@@H]3CC[C@H]4C[C@@](C)(O)CC[C@]4(C)[C@H]3CC[C@]12C.C[C@H](CS(=O)(=O)c1ccccc1)[C@H]1CC[C@H]2[C@@H]3CC[C@H]4C[C@@](C)(O)CC[C@]4(C)[C@H]3CC[C@]12C.[CH2-]CCC.[Li+]. The smallest absolute Gasteiger partial charge is 0.400 e. The average molecular weight is 1790 g/mol. The Morgan fingerprint density at radius 3 is 1.07 bits per heavy atom. The van der Waals surface area contributed by atoms with Crippen LogP contribution in [0.25, 0.3) is 0 Å². The predicted octanol–water partition coefficient (Wildman–Crippen LogP) is 23.8. The molecule has 2 aromatic rings. The van der Waals surface area contributed by atoms with Gasteiger partial charge in [-0.2, -0.15) is 6.42 Å². The van der Waals surface area contributed by atoms with Gasteiger partial charge in [0.2, 0.25) is 0 Å². The molecule has 15 aliphatic carbocycles. The summed E-state index contributed by atoms with van der Waals surface area (Å²) >= 11 is 0. The van der Waals surface area contributed by atoms with Gasteiger partial charge in [0.05, 0.1) is 61.0 Å². The van der Waals surface area contributed by atoms with E-state index in [1.165, 1.54) is 173 Å². The molecule has 2 aromatic carbocycles. The van der Waals surface area contributed by atoms with Gasteiger partial charge in [-0.3, -0.25) is 0 Å². The Morgan fingerprint density at radius 1 is 0.386 bits per heavy atom. The fourth-order valence-electron chi connectivity index (χ4n) is 34.0. The zero-order chi connectivity index (χ0) is 91.9. The maximum absolute atomic E-state index is 14.5. The Morgan fingerprint density at radius 2 is 0.709 bits per heavy atom. The molecule has 1 saturated heterocycles. The van der Waals surface area contributed by atoms with Gasteiger partial charge in [-0.25, -0.2) is 16.8 Å². The van der Waals surface area contributed by atoms with Crippen LogP contribution in [0.4, 0.5) is 0 Å². The van der Waals surface area contributed by atoms with Crippen molar-refractivity contribution in [1.82, 2.24) is 0 Å². The number of aliphatic hydroxyl groups is 6. The summed E-state index contributed by atoms with van der Waals surface area (Å²) in [5, 5.41) is 62.1. The van der Waals surface area contributed by atoms with Crippen molar-refractivity contribution in [3.8, 4) is 0 Å². The second-order valence-corrected chi connectivity index (χ2v) is 56.8. The summed E-state index contributed by atoms with van der Waals surface area (Å²) in [7, 11) is -5.86. The number of hydrogen-bond donors (Lipinski definition) is 6. The van der Waals surface area contributed by atoms with E-state index in [4.69, 9.17) is 9.84 Å². The molecular weight excluding hydrogens is 1600 g/mol. The minimum absolute atomic E-state index is 0. The van der Waals surface area contributed by atoms with Gasteiger partial charge < -0.3 is 42.3 Å².